The number of allylic oxidation sites excluding steroid dienone is 2. The molecule has 0 aromatic carbocycles. The molecule has 13 heavy (non-hydrogen) atoms. The Kier molecular flexibility index (Phi) is 4.00. The monoisotopic (exact) mass is 181 g/mol. The molecule has 1 amide bonds. The van der Waals surface area contributed by atoms with Crippen molar-refractivity contribution in [2.24, 2.45) is 11.8 Å². The molecule has 0 aromatic rings. The number of hydrogen-bond donors (Lipinski definition) is 1. The van der Waals surface area contributed by atoms with Gasteiger partial charge in [0.15, 0.2) is 0 Å². The van der Waals surface area contributed by atoms with Crippen molar-refractivity contribution in [1.82, 2.24) is 5.32 Å². The Bertz CT molecular complexity index is 194. The summed E-state index contributed by atoms with van der Waals surface area (Å²) in [5, 5.41) is 2.73. The van der Waals surface area contributed by atoms with Gasteiger partial charge >= 0.3 is 0 Å². The van der Waals surface area contributed by atoms with Crippen LogP contribution in [0.5, 0.6) is 0 Å². The molecule has 0 radical (unpaired) electrons. The van der Waals surface area contributed by atoms with Gasteiger partial charge < -0.3 is 5.32 Å². The van der Waals surface area contributed by atoms with Crippen molar-refractivity contribution >= 4 is 5.91 Å². The van der Waals surface area contributed by atoms with Crippen molar-refractivity contribution in [3.05, 3.63) is 12.2 Å². The third kappa shape index (κ3) is 3.62. The summed E-state index contributed by atoms with van der Waals surface area (Å²) in [4.78, 5) is 11.4. The number of nitrogens with one attached hydrogen (secondary N) is 1. The molecule has 1 rings (SSSR count). The first-order chi connectivity index (χ1) is 6.27. The summed E-state index contributed by atoms with van der Waals surface area (Å²) in [6, 6.07) is 0. The molecule has 1 N–H and O–H groups in total. The zero-order valence-electron chi connectivity index (χ0n) is 8.55. The average molecular weight is 181 g/mol. The molecule has 0 aromatic heterocycles. The van der Waals surface area contributed by atoms with Gasteiger partial charge in [0.25, 0.3) is 0 Å². The van der Waals surface area contributed by atoms with Gasteiger partial charge in [0.1, 0.15) is 0 Å². The van der Waals surface area contributed by atoms with Gasteiger partial charge in [0, 0.05) is 13.0 Å². The molecule has 0 aliphatic heterocycles. The van der Waals surface area contributed by atoms with Crippen LogP contribution in [0.1, 0.15) is 32.6 Å². The predicted molar refractivity (Wildman–Crippen MR) is 54.3 cm³/mol. The smallest absolute Gasteiger partial charge is 0.223 e. The predicted octanol–water partition coefficient (Wildman–Crippen LogP) is 2.11. The van der Waals surface area contributed by atoms with E-state index in [1.807, 2.05) is 13.0 Å². The van der Waals surface area contributed by atoms with Crippen LogP contribution in [-0.4, -0.2) is 13.0 Å². The maximum absolute atomic E-state index is 11.4. The molecule has 0 saturated heterocycles. The van der Waals surface area contributed by atoms with Crippen LogP contribution >= 0.6 is 0 Å². The zero-order valence-corrected chi connectivity index (χ0v) is 8.55. The van der Waals surface area contributed by atoms with Crippen LogP contribution in [0.2, 0.25) is 0 Å². The highest BCUT2D eigenvalue weighted by Gasteiger charge is 2.27. The molecule has 74 valence electrons. The first-order valence-electron chi connectivity index (χ1n) is 5.10. The molecule has 2 nitrogen and oxygen atoms in total. The van der Waals surface area contributed by atoms with E-state index < -0.39 is 0 Å². The van der Waals surface area contributed by atoms with E-state index in [4.69, 9.17) is 0 Å². The van der Waals surface area contributed by atoms with Crippen molar-refractivity contribution < 1.29 is 4.79 Å². The minimum absolute atomic E-state index is 0.199. The van der Waals surface area contributed by atoms with Gasteiger partial charge in [0.05, 0.1) is 0 Å². The highest BCUT2D eigenvalue weighted by atomic mass is 16.1. The molecule has 2 heteroatoms. The first-order valence-corrected chi connectivity index (χ1v) is 5.10. The SMILES string of the molecule is C/C=C/CC(CC1CC1)C(=O)NC. The summed E-state index contributed by atoms with van der Waals surface area (Å²) in [5.41, 5.74) is 0. The van der Waals surface area contributed by atoms with Gasteiger partial charge in [-0.2, -0.15) is 0 Å². The number of amides is 1. The molecule has 1 saturated carbocycles. The Morgan fingerprint density at radius 3 is 2.77 bits per heavy atom. The van der Waals surface area contributed by atoms with Crippen molar-refractivity contribution in [3.8, 4) is 0 Å². The fourth-order valence-electron chi connectivity index (χ4n) is 1.57. The topological polar surface area (TPSA) is 29.1 Å². The molecule has 1 unspecified atom stereocenters. The Balaban J connectivity index is 2.36. The second-order valence-electron chi connectivity index (χ2n) is 3.79. The van der Waals surface area contributed by atoms with E-state index in [0.717, 1.165) is 18.8 Å². The molecular formula is C11H19NO. The molecular weight excluding hydrogens is 162 g/mol. The highest BCUT2D eigenvalue weighted by Crippen LogP contribution is 2.36. The molecule has 0 heterocycles. The fraction of sp³-hybridized carbons (Fsp3) is 0.727. The lowest BCUT2D eigenvalue weighted by atomic mass is 9.97. The minimum atomic E-state index is 0.199. The first kappa shape index (κ1) is 10.3. The molecule has 1 aliphatic rings. The lowest BCUT2D eigenvalue weighted by Gasteiger charge is -2.12. The minimum Gasteiger partial charge on any atom is -0.359 e. The van der Waals surface area contributed by atoms with Crippen LogP contribution < -0.4 is 5.32 Å². The van der Waals surface area contributed by atoms with E-state index in [0.29, 0.717) is 0 Å². The number of rotatable bonds is 5. The van der Waals surface area contributed by atoms with E-state index >= 15 is 0 Å². The van der Waals surface area contributed by atoms with Crippen LogP contribution in [-0.2, 0) is 4.79 Å². The summed E-state index contributed by atoms with van der Waals surface area (Å²) in [7, 11) is 1.72. The largest absolute Gasteiger partial charge is 0.359 e. The van der Waals surface area contributed by atoms with E-state index in [1.54, 1.807) is 7.05 Å². The van der Waals surface area contributed by atoms with Gasteiger partial charge in [-0.3, -0.25) is 4.79 Å². The lowest BCUT2D eigenvalue weighted by Crippen LogP contribution is -2.27. The third-order valence-corrected chi connectivity index (χ3v) is 2.59. The summed E-state index contributed by atoms with van der Waals surface area (Å²) in [6.07, 6.45) is 8.72. The van der Waals surface area contributed by atoms with E-state index in [-0.39, 0.29) is 11.8 Å². The van der Waals surface area contributed by atoms with E-state index in [2.05, 4.69) is 11.4 Å². The normalized spacial score (nSPS) is 18.9. The second kappa shape index (κ2) is 5.05. The van der Waals surface area contributed by atoms with E-state index in [9.17, 15) is 4.79 Å². The van der Waals surface area contributed by atoms with Gasteiger partial charge in [-0.15, -0.1) is 0 Å². The van der Waals surface area contributed by atoms with E-state index in [1.165, 1.54) is 12.8 Å². The Morgan fingerprint density at radius 2 is 2.31 bits per heavy atom. The molecule has 1 atom stereocenters. The number of carbonyl (C=O) groups is 1. The average Bonchev–Trinajstić information content (AvgIpc) is 2.94. The molecule has 1 fully saturated rings. The fourth-order valence-corrected chi connectivity index (χ4v) is 1.57. The van der Waals surface area contributed by atoms with Crippen LogP contribution in [0.4, 0.5) is 0 Å². The second-order valence-corrected chi connectivity index (χ2v) is 3.79. The Labute approximate surface area is 80.4 Å². The summed E-state index contributed by atoms with van der Waals surface area (Å²) >= 11 is 0. The Hall–Kier alpha value is -0.790. The van der Waals surface area contributed by atoms with Crippen LogP contribution in [0.3, 0.4) is 0 Å². The van der Waals surface area contributed by atoms with Crippen molar-refractivity contribution in [1.29, 1.82) is 0 Å². The van der Waals surface area contributed by atoms with Crippen LogP contribution in [0.15, 0.2) is 12.2 Å². The zero-order chi connectivity index (χ0) is 9.68. The quantitative estimate of drug-likeness (QED) is 0.647. The summed E-state index contributed by atoms with van der Waals surface area (Å²) in [6.45, 7) is 2.00. The van der Waals surface area contributed by atoms with Crippen molar-refractivity contribution in [3.63, 3.8) is 0 Å². The number of hydrogen-bond acceptors (Lipinski definition) is 1. The summed E-state index contributed by atoms with van der Waals surface area (Å²) in [5.74, 6) is 1.23. The van der Waals surface area contributed by atoms with Gasteiger partial charge in [0.2, 0.25) is 5.91 Å². The van der Waals surface area contributed by atoms with Gasteiger partial charge in [-0.25, -0.2) is 0 Å². The maximum Gasteiger partial charge on any atom is 0.223 e. The standard InChI is InChI=1S/C11H19NO/c1-3-4-5-10(11(13)12-2)8-9-6-7-9/h3-4,9-10H,5-8H2,1-2H3,(H,12,13)/b4-3+. The van der Waals surface area contributed by atoms with Crippen molar-refractivity contribution in [2.45, 2.75) is 32.6 Å². The maximum atomic E-state index is 11.4. The third-order valence-electron chi connectivity index (χ3n) is 2.59. The number of carbonyl (C=O) groups excluding carboxylic acids is 1. The van der Waals surface area contributed by atoms with Gasteiger partial charge in [-0.1, -0.05) is 25.0 Å². The van der Waals surface area contributed by atoms with Gasteiger partial charge in [-0.05, 0) is 25.7 Å². The highest BCUT2D eigenvalue weighted by molar-refractivity contribution is 5.78. The molecule has 0 spiro atoms. The Morgan fingerprint density at radius 1 is 1.62 bits per heavy atom. The van der Waals surface area contributed by atoms with Crippen LogP contribution in [0, 0.1) is 11.8 Å². The lowest BCUT2D eigenvalue weighted by molar-refractivity contribution is -0.124. The summed E-state index contributed by atoms with van der Waals surface area (Å²) < 4.78 is 0. The molecule has 0 bridgehead atoms. The molecule has 1 aliphatic carbocycles. The van der Waals surface area contributed by atoms with Crippen molar-refractivity contribution in [2.75, 3.05) is 7.05 Å². The van der Waals surface area contributed by atoms with Crippen LogP contribution in [0.25, 0.3) is 0 Å².